The smallest absolute Gasteiger partial charge is 0.423 e. The van der Waals surface area contributed by atoms with E-state index in [1.165, 1.54) is 36.4 Å². The summed E-state index contributed by atoms with van der Waals surface area (Å²) in [5.41, 5.74) is 10.0. The molecule has 0 fully saturated rings. The summed E-state index contributed by atoms with van der Waals surface area (Å²) >= 11 is 0. The summed E-state index contributed by atoms with van der Waals surface area (Å²) < 4.78 is 64.6. The molecule has 0 unspecified atom stereocenters. The third kappa shape index (κ3) is 7.85. The highest BCUT2D eigenvalue weighted by Crippen LogP contribution is 2.22. The Labute approximate surface area is 267 Å². The Morgan fingerprint density at radius 1 is 0.756 bits per heavy atom. The lowest BCUT2D eigenvalue weighted by Crippen LogP contribution is -2.28. The zero-order valence-electron chi connectivity index (χ0n) is 23.5. The summed E-state index contributed by atoms with van der Waals surface area (Å²) in [6, 6.07) is 22.1. The molecular weight excluding hydrogens is 642 g/mol. The van der Waals surface area contributed by atoms with Crippen LogP contribution in [-0.2, 0) is 49.1 Å². The number of anilines is 2. The van der Waals surface area contributed by atoms with Gasteiger partial charge in [0.2, 0.25) is 0 Å². The fourth-order valence-electron chi connectivity index (χ4n) is 4.54. The lowest BCUT2D eigenvalue weighted by atomic mass is 9.79. The molecule has 4 aromatic carbocycles. The second-order valence-electron chi connectivity index (χ2n) is 9.83. The number of hydrogen-bond acceptors (Lipinski definition) is 9. The van der Waals surface area contributed by atoms with Gasteiger partial charge in [0, 0.05) is 17.9 Å². The van der Waals surface area contributed by atoms with Crippen LogP contribution in [0.1, 0.15) is 16.7 Å². The molecule has 0 aliphatic carbocycles. The summed E-state index contributed by atoms with van der Waals surface area (Å²) in [4.78, 5) is 3.38. The van der Waals surface area contributed by atoms with E-state index in [-0.39, 0.29) is 34.4 Å². The molecule has 4 aromatic rings. The topological polar surface area (TPSA) is 182 Å². The maximum Gasteiger partial charge on any atom is 0.491 e. The molecule has 0 saturated carbocycles. The average molecular weight is 669 g/mol. The SMILES string of the molecule is Cl.NCc1cccc(S(=O)(=O)Nc2ccc3c(c2)B(O)OC3)c1.[C-]#[N+]c1cccc(S(=O)(=O)Nc2ccc3c(c2)B(O)OC3)c1. The molecule has 0 atom stereocenters. The molecule has 2 aliphatic rings. The summed E-state index contributed by atoms with van der Waals surface area (Å²) in [5.74, 6) is 0. The Kier molecular flexibility index (Phi) is 10.6. The van der Waals surface area contributed by atoms with Gasteiger partial charge in [0.1, 0.15) is 0 Å². The Morgan fingerprint density at radius 3 is 1.73 bits per heavy atom. The van der Waals surface area contributed by atoms with Gasteiger partial charge in [-0.1, -0.05) is 36.4 Å². The van der Waals surface area contributed by atoms with Crippen LogP contribution in [0.5, 0.6) is 0 Å². The number of benzene rings is 4. The van der Waals surface area contributed by atoms with Crippen LogP contribution in [0.25, 0.3) is 4.85 Å². The van der Waals surface area contributed by atoms with E-state index in [0.717, 1.165) is 16.7 Å². The molecule has 17 heteroatoms. The van der Waals surface area contributed by atoms with Crippen molar-refractivity contribution < 1.29 is 36.2 Å². The average Bonchev–Trinajstić information content (AvgIpc) is 3.58. The Balaban J connectivity index is 0.000000200. The Bertz CT molecular complexity index is 1980. The van der Waals surface area contributed by atoms with Crippen LogP contribution < -0.4 is 26.1 Å². The number of nitrogens with one attached hydrogen (secondary N) is 2. The van der Waals surface area contributed by atoms with Gasteiger partial charge in [-0.3, -0.25) is 9.44 Å². The van der Waals surface area contributed by atoms with Crippen LogP contribution in [0.2, 0.25) is 0 Å². The third-order valence-electron chi connectivity index (χ3n) is 6.82. The molecule has 6 N–H and O–H groups in total. The van der Waals surface area contributed by atoms with Crippen LogP contribution in [-0.4, -0.2) is 41.1 Å². The van der Waals surface area contributed by atoms with Crippen molar-refractivity contribution in [1.29, 1.82) is 0 Å². The zero-order valence-corrected chi connectivity index (χ0v) is 25.9. The number of hydrogen-bond donors (Lipinski definition) is 5. The second-order valence-corrected chi connectivity index (χ2v) is 13.2. The fourth-order valence-corrected chi connectivity index (χ4v) is 6.75. The minimum atomic E-state index is -3.80. The molecule has 0 aromatic heterocycles. The van der Waals surface area contributed by atoms with Gasteiger partial charge in [-0.25, -0.2) is 21.7 Å². The molecule has 0 saturated heterocycles. The van der Waals surface area contributed by atoms with Gasteiger partial charge in [-0.15, -0.1) is 12.4 Å². The van der Waals surface area contributed by atoms with E-state index in [2.05, 4.69) is 14.3 Å². The highest BCUT2D eigenvalue weighted by molar-refractivity contribution is 7.93. The van der Waals surface area contributed by atoms with E-state index in [0.29, 0.717) is 35.5 Å². The van der Waals surface area contributed by atoms with Crippen LogP contribution in [0.3, 0.4) is 0 Å². The standard InChI is InChI=1S/C14H11BN2O4S.C14H15BN2O4S.ClH/c1-16-11-3-2-4-13(7-11)22(19,20)17-12-6-5-10-9-21-15(18)14(10)8-12;16-8-10-2-1-3-13(6-10)22(19,20)17-12-5-4-11-9-21-15(18)14(11)7-12;/h2-8,17-18H,9H2;1-7,17-18H,8-9,16H2;1H. The Morgan fingerprint density at radius 2 is 1.24 bits per heavy atom. The molecule has 2 aliphatic heterocycles. The van der Waals surface area contributed by atoms with Gasteiger partial charge in [-0.2, -0.15) is 0 Å². The van der Waals surface area contributed by atoms with Gasteiger partial charge >= 0.3 is 14.2 Å². The highest BCUT2D eigenvalue weighted by atomic mass is 35.5. The molecule has 0 bridgehead atoms. The van der Waals surface area contributed by atoms with Gasteiger partial charge in [0.05, 0.1) is 29.6 Å². The first kappa shape index (κ1) is 34.0. The van der Waals surface area contributed by atoms with Crippen LogP contribution >= 0.6 is 12.4 Å². The van der Waals surface area contributed by atoms with Crippen molar-refractivity contribution in [2.45, 2.75) is 29.5 Å². The van der Waals surface area contributed by atoms with Gasteiger partial charge < -0.3 is 25.1 Å². The number of nitrogens with zero attached hydrogens (tertiary/aromatic N) is 1. The summed E-state index contributed by atoms with van der Waals surface area (Å²) in [6.07, 6.45) is 0. The largest absolute Gasteiger partial charge is 0.491 e. The van der Waals surface area contributed by atoms with Gasteiger partial charge in [0.15, 0.2) is 5.69 Å². The molecule has 45 heavy (non-hydrogen) atoms. The molecule has 6 rings (SSSR count). The number of nitrogens with two attached hydrogens (primary N) is 1. The molecule has 232 valence electrons. The van der Waals surface area contributed by atoms with Crippen molar-refractivity contribution in [3.05, 3.63) is 113 Å². The second kappa shape index (κ2) is 14.0. The summed E-state index contributed by atoms with van der Waals surface area (Å²) in [7, 11) is -9.56. The van der Waals surface area contributed by atoms with E-state index in [1.807, 2.05) is 0 Å². The van der Waals surface area contributed by atoms with Crippen molar-refractivity contribution in [2.75, 3.05) is 9.44 Å². The normalized spacial score (nSPS) is 13.5. The third-order valence-corrected chi connectivity index (χ3v) is 9.58. The van der Waals surface area contributed by atoms with Crippen molar-refractivity contribution >= 4 is 74.7 Å². The molecule has 12 nitrogen and oxygen atoms in total. The van der Waals surface area contributed by atoms with E-state index < -0.39 is 34.3 Å². The van der Waals surface area contributed by atoms with E-state index >= 15 is 0 Å². The number of rotatable bonds is 7. The minimum Gasteiger partial charge on any atom is -0.423 e. The summed E-state index contributed by atoms with van der Waals surface area (Å²) in [5, 5.41) is 19.3. The molecule has 0 spiro atoms. The van der Waals surface area contributed by atoms with Crippen molar-refractivity contribution in [2.24, 2.45) is 5.73 Å². The highest BCUT2D eigenvalue weighted by Gasteiger charge is 2.29. The number of fused-ring (bicyclic) bond motifs is 2. The van der Waals surface area contributed by atoms with E-state index in [9.17, 15) is 26.9 Å². The van der Waals surface area contributed by atoms with Gasteiger partial charge in [-0.05, 0) is 76.1 Å². The molecule has 2 heterocycles. The zero-order chi connectivity index (χ0) is 31.5. The first-order valence-electron chi connectivity index (χ1n) is 13.2. The van der Waals surface area contributed by atoms with Gasteiger partial charge in [0.25, 0.3) is 20.0 Å². The molecule has 0 radical (unpaired) electrons. The van der Waals surface area contributed by atoms with Crippen LogP contribution in [0.15, 0.2) is 94.7 Å². The minimum absolute atomic E-state index is 0. The number of sulfonamides is 2. The van der Waals surface area contributed by atoms with Crippen LogP contribution in [0.4, 0.5) is 17.1 Å². The van der Waals surface area contributed by atoms with E-state index in [1.54, 1.807) is 48.5 Å². The monoisotopic (exact) mass is 668 g/mol. The first-order chi connectivity index (χ1) is 21.0. The van der Waals surface area contributed by atoms with E-state index in [4.69, 9.17) is 21.6 Å². The first-order valence-corrected chi connectivity index (χ1v) is 16.1. The quantitative estimate of drug-likeness (QED) is 0.145. The predicted molar refractivity (Wildman–Crippen MR) is 174 cm³/mol. The van der Waals surface area contributed by atoms with Crippen molar-refractivity contribution in [1.82, 2.24) is 0 Å². The molecular formula is C28H27B2ClN4O8S2. The maximum absolute atomic E-state index is 12.4. The number of halogens is 1. The molecule has 0 amide bonds. The van der Waals surface area contributed by atoms with Crippen molar-refractivity contribution in [3.63, 3.8) is 0 Å². The van der Waals surface area contributed by atoms with Crippen molar-refractivity contribution in [3.8, 4) is 0 Å². The Hall–Kier alpha value is -3.91. The summed E-state index contributed by atoms with van der Waals surface area (Å²) in [6.45, 7) is 7.83. The maximum atomic E-state index is 12.4. The predicted octanol–water partition coefficient (Wildman–Crippen LogP) is 1.84. The lowest BCUT2D eigenvalue weighted by Gasteiger charge is -2.10. The lowest BCUT2D eigenvalue weighted by molar-refractivity contribution is 0.275. The van der Waals surface area contributed by atoms with Crippen LogP contribution in [0, 0.1) is 6.57 Å². The fraction of sp³-hybridized carbons (Fsp3) is 0.107.